The van der Waals surface area contributed by atoms with Crippen LogP contribution in [0.2, 0.25) is 0 Å². The maximum absolute atomic E-state index is 12.5. The molecule has 2 N–H and O–H groups in total. The molecular formula is C13H21BrN2O2S3. The third-order valence-corrected chi connectivity index (χ3v) is 8.45. The van der Waals surface area contributed by atoms with Gasteiger partial charge in [-0.05, 0) is 54.1 Å². The van der Waals surface area contributed by atoms with Crippen molar-refractivity contribution >= 4 is 49.1 Å². The molecule has 8 heteroatoms. The van der Waals surface area contributed by atoms with Crippen molar-refractivity contribution in [3.63, 3.8) is 0 Å². The van der Waals surface area contributed by atoms with E-state index in [1.807, 2.05) is 18.7 Å². The van der Waals surface area contributed by atoms with E-state index in [9.17, 15) is 8.42 Å². The molecule has 0 spiro atoms. The third kappa shape index (κ3) is 4.68. The molecule has 1 aromatic rings. The molecule has 1 aliphatic carbocycles. The fourth-order valence-corrected chi connectivity index (χ4v) is 7.19. The lowest BCUT2D eigenvalue weighted by molar-refractivity contribution is 0.552. The monoisotopic (exact) mass is 412 g/mol. The fourth-order valence-electron chi connectivity index (χ4n) is 2.46. The summed E-state index contributed by atoms with van der Waals surface area (Å²) in [6, 6.07) is 1.83. The Bertz CT molecular complexity index is 574. The van der Waals surface area contributed by atoms with Crippen LogP contribution in [0.25, 0.3) is 0 Å². The highest BCUT2D eigenvalue weighted by molar-refractivity contribution is 9.11. The van der Waals surface area contributed by atoms with Crippen molar-refractivity contribution in [2.24, 2.45) is 0 Å². The van der Waals surface area contributed by atoms with Gasteiger partial charge in [-0.3, -0.25) is 0 Å². The molecule has 1 aromatic heterocycles. The first-order valence-electron chi connectivity index (χ1n) is 7.00. The Labute approximate surface area is 143 Å². The van der Waals surface area contributed by atoms with E-state index >= 15 is 0 Å². The molecule has 1 saturated carbocycles. The maximum Gasteiger partial charge on any atom is 0.242 e. The van der Waals surface area contributed by atoms with Crippen LogP contribution >= 0.6 is 39.0 Å². The number of halogens is 1. The molecule has 21 heavy (non-hydrogen) atoms. The van der Waals surface area contributed by atoms with E-state index in [0.717, 1.165) is 30.7 Å². The Morgan fingerprint density at radius 2 is 2.24 bits per heavy atom. The summed E-state index contributed by atoms with van der Waals surface area (Å²) in [5.74, 6) is 0. The maximum atomic E-state index is 12.5. The predicted molar refractivity (Wildman–Crippen MR) is 94.7 cm³/mol. The minimum atomic E-state index is -3.43. The van der Waals surface area contributed by atoms with E-state index in [4.69, 9.17) is 0 Å². The minimum Gasteiger partial charge on any atom is -0.312 e. The van der Waals surface area contributed by atoms with Crippen molar-refractivity contribution in [2.75, 3.05) is 12.8 Å². The van der Waals surface area contributed by atoms with Gasteiger partial charge in [0.1, 0.15) is 4.90 Å². The van der Waals surface area contributed by atoms with Crippen LogP contribution in [0.1, 0.15) is 31.1 Å². The Kier molecular flexibility index (Phi) is 6.58. The number of thiophene rings is 1. The molecule has 1 heterocycles. The average molecular weight is 413 g/mol. The van der Waals surface area contributed by atoms with Gasteiger partial charge in [-0.15, -0.1) is 11.3 Å². The highest BCUT2D eigenvalue weighted by Crippen LogP contribution is 2.33. The first kappa shape index (κ1) is 17.7. The van der Waals surface area contributed by atoms with E-state index in [1.54, 1.807) is 6.07 Å². The quantitative estimate of drug-likeness (QED) is 0.721. The first-order chi connectivity index (χ1) is 9.96. The second-order valence-corrected chi connectivity index (χ2v) is 10.4. The van der Waals surface area contributed by atoms with Gasteiger partial charge in [0.15, 0.2) is 0 Å². The smallest absolute Gasteiger partial charge is 0.242 e. The van der Waals surface area contributed by atoms with Gasteiger partial charge < -0.3 is 5.32 Å². The standard InChI is InChI=1S/C13H21BrN2O2S3/c1-3-15-8-11-7-12(13(14)20-11)21(17,18)16-9-4-5-10(6-9)19-2/h7,9-10,15-16H,3-6,8H2,1-2H3. The Balaban J connectivity index is 2.07. The van der Waals surface area contributed by atoms with Crippen molar-refractivity contribution < 1.29 is 8.42 Å². The van der Waals surface area contributed by atoms with Gasteiger partial charge in [0.05, 0.1) is 3.79 Å². The zero-order valence-corrected chi connectivity index (χ0v) is 16.2. The van der Waals surface area contributed by atoms with Crippen LogP contribution in [0.5, 0.6) is 0 Å². The molecule has 0 amide bonds. The largest absolute Gasteiger partial charge is 0.312 e. The van der Waals surface area contributed by atoms with Gasteiger partial charge in [-0.2, -0.15) is 11.8 Å². The molecular weight excluding hydrogens is 392 g/mol. The van der Waals surface area contributed by atoms with Crippen molar-refractivity contribution in [3.05, 3.63) is 14.7 Å². The van der Waals surface area contributed by atoms with Crippen molar-refractivity contribution in [1.82, 2.24) is 10.0 Å². The Morgan fingerprint density at radius 1 is 1.48 bits per heavy atom. The summed E-state index contributed by atoms with van der Waals surface area (Å²) in [4.78, 5) is 1.39. The summed E-state index contributed by atoms with van der Waals surface area (Å²) in [6.07, 6.45) is 5.03. The molecule has 2 atom stereocenters. The zero-order valence-electron chi connectivity index (χ0n) is 12.2. The zero-order chi connectivity index (χ0) is 15.5. The SMILES string of the molecule is CCNCc1cc(S(=O)(=O)NC2CCC(SC)C2)c(Br)s1. The summed E-state index contributed by atoms with van der Waals surface area (Å²) in [7, 11) is -3.43. The summed E-state index contributed by atoms with van der Waals surface area (Å²) in [6.45, 7) is 3.60. The molecule has 0 bridgehead atoms. The molecule has 2 rings (SSSR count). The summed E-state index contributed by atoms with van der Waals surface area (Å²) >= 11 is 6.69. The average Bonchev–Trinajstić information content (AvgIpc) is 3.02. The highest BCUT2D eigenvalue weighted by atomic mass is 79.9. The lowest BCUT2D eigenvalue weighted by Gasteiger charge is -2.12. The van der Waals surface area contributed by atoms with Crippen LogP contribution in [-0.2, 0) is 16.6 Å². The van der Waals surface area contributed by atoms with Crippen LogP contribution < -0.4 is 10.0 Å². The molecule has 4 nitrogen and oxygen atoms in total. The van der Waals surface area contributed by atoms with Gasteiger partial charge in [0, 0.05) is 22.7 Å². The highest BCUT2D eigenvalue weighted by Gasteiger charge is 2.29. The van der Waals surface area contributed by atoms with Crippen LogP contribution in [0.3, 0.4) is 0 Å². The molecule has 2 unspecified atom stereocenters. The van der Waals surface area contributed by atoms with Crippen molar-refractivity contribution in [2.45, 2.75) is 48.9 Å². The van der Waals surface area contributed by atoms with Crippen LogP contribution in [-0.4, -0.2) is 32.5 Å². The van der Waals surface area contributed by atoms with E-state index in [0.29, 0.717) is 20.5 Å². The number of nitrogens with one attached hydrogen (secondary N) is 2. The molecule has 0 aromatic carbocycles. The molecule has 1 fully saturated rings. The van der Waals surface area contributed by atoms with Crippen LogP contribution in [0.4, 0.5) is 0 Å². The van der Waals surface area contributed by atoms with Crippen LogP contribution in [0, 0.1) is 0 Å². The van der Waals surface area contributed by atoms with Gasteiger partial charge in [-0.25, -0.2) is 13.1 Å². The predicted octanol–water partition coefficient (Wildman–Crippen LogP) is 3.18. The van der Waals surface area contributed by atoms with Gasteiger partial charge in [-0.1, -0.05) is 6.92 Å². The lowest BCUT2D eigenvalue weighted by Crippen LogP contribution is -2.33. The van der Waals surface area contributed by atoms with Crippen LogP contribution in [0.15, 0.2) is 14.7 Å². The summed E-state index contributed by atoms with van der Waals surface area (Å²) in [5.41, 5.74) is 0. The van der Waals surface area contributed by atoms with E-state index < -0.39 is 10.0 Å². The molecule has 120 valence electrons. The van der Waals surface area contributed by atoms with Crippen molar-refractivity contribution in [1.29, 1.82) is 0 Å². The fraction of sp³-hybridized carbons (Fsp3) is 0.692. The third-order valence-electron chi connectivity index (χ3n) is 3.58. The number of sulfonamides is 1. The first-order valence-corrected chi connectivity index (χ1v) is 11.4. The number of rotatable bonds is 7. The molecule has 0 radical (unpaired) electrons. The Morgan fingerprint density at radius 3 is 2.86 bits per heavy atom. The van der Waals surface area contributed by atoms with Gasteiger partial charge >= 0.3 is 0 Å². The number of thioether (sulfide) groups is 1. The van der Waals surface area contributed by atoms with Crippen molar-refractivity contribution in [3.8, 4) is 0 Å². The van der Waals surface area contributed by atoms with E-state index in [1.165, 1.54) is 11.3 Å². The molecule has 1 aliphatic rings. The normalized spacial score (nSPS) is 22.8. The second-order valence-electron chi connectivity index (χ2n) is 5.12. The van der Waals surface area contributed by atoms with Gasteiger partial charge in [0.25, 0.3) is 0 Å². The number of hydrogen-bond donors (Lipinski definition) is 2. The molecule has 0 saturated heterocycles. The van der Waals surface area contributed by atoms with E-state index in [-0.39, 0.29) is 6.04 Å². The lowest BCUT2D eigenvalue weighted by atomic mass is 10.3. The topological polar surface area (TPSA) is 58.2 Å². The molecule has 0 aliphatic heterocycles. The summed E-state index contributed by atoms with van der Waals surface area (Å²) < 4.78 is 28.6. The second kappa shape index (κ2) is 7.79. The van der Waals surface area contributed by atoms with E-state index in [2.05, 4.69) is 32.2 Å². The van der Waals surface area contributed by atoms with Gasteiger partial charge in [0.2, 0.25) is 10.0 Å². The summed E-state index contributed by atoms with van der Waals surface area (Å²) in [5, 5.41) is 3.79. The Hall–Kier alpha value is 0.400. The minimum absolute atomic E-state index is 0.0662. The number of hydrogen-bond acceptors (Lipinski definition) is 5.